The van der Waals surface area contributed by atoms with Gasteiger partial charge in [0.25, 0.3) is 0 Å². The molecule has 0 aromatic heterocycles. The fraction of sp³-hybridized carbons (Fsp3) is 0.462. The van der Waals surface area contributed by atoms with Crippen LogP contribution in [-0.2, 0) is 0 Å². The lowest BCUT2D eigenvalue weighted by atomic mass is 10.2. The number of benzene rings is 1. The van der Waals surface area contributed by atoms with Crippen LogP contribution in [0.4, 0.5) is 0 Å². The summed E-state index contributed by atoms with van der Waals surface area (Å²) in [6.45, 7) is 3.86. The Morgan fingerprint density at radius 2 is 2.06 bits per heavy atom. The van der Waals surface area contributed by atoms with E-state index in [0.29, 0.717) is 17.9 Å². The summed E-state index contributed by atoms with van der Waals surface area (Å²) < 4.78 is 5.71. The summed E-state index contributed by atoms with van der Waals surface area (Å²) in [4.78, 5) is 2.38. The fourth-order valence-electron chi connectivity index (χ4n) is 2.15. The topological polar surface area (TPSA) is 71.1 Å². The predicted molar refractivity (Wildman–Crippen MR) is 70.1 cm³/mol. The van der Waals surface area contributed by atoms with E-state index in [2.05, 4.69) is 10.1 Å². The van der Waals surface area contributed by atoms with Crippen LogP contribution < -0.4 is 10.5 Å². The van der Waals surface area contributed by atoms with Crippen LogP contribution in [0.1, 0.15) is 18.4 Å². The minimum Gasteiger partial charge on any atom is -0.491 e. The Bertz CT molecular complexity index is 414. The third-order valence-corrected chi connectivity index (χ3v) is 3.13. The molecule has 0 unspecified atom stereocenters. The third-order valence-electron chi connectivity index (χ3n) is 3.13. The van der Waals surface area contributed by atoms with Gasteiger partial charge in [0.2, 0.25) is 0 Å². The van der Waals surface area contributed by atoms with E-state index in [9.17, 15) is 0 Å². The lowest BCUT2D eigenvalue weighted by Gasteiger charge is -2.16. The second kappa shape index (κ2) is 6.26. The minimum atomic E-state index is 0.0757. The summed E-state index contributed by atoms with van der Waals surface area (Å²) in [7, 11) is 0. The van der Waals surface area contributed by atoms with Gasteiger partial charge in [-0.25, -0.2) is 0 Å². The summed E-state index contributed by atoms with van der Waals surface area (Å²) in [5.74, 6) is 0.735. The first-order valence-electron chi connectivity index (χ1n) is 6.23. The van der Waals surface area contributed by atoms with Crippen LogP contribution in [0.5, 0.6) is 5.75 Å². The minimum absolute atomic E-state index is 0.0757. The molecule has 1 aromatic carbocycles. The molecular weight excluding hydrogens is 230 g/mol. The van der Waals surface area contributed by atoms with Gasteiger partial charge in [-0.2, -0.15) is 0 Å². The molecule has 0 bridgehead atoms. The van der Waals surface area contributed by atoms with Crippen molar-refractivity contribution in [2.75, 3.05) is 26.2 Å². The molecule has 0 radical (unpaired) electrons. The predicted octanol–water partition coefficient (Wildman–Crippen LogP) is 1.26. The van der Waals surface area contributed by atoms with E-state index in [0.717, 1.165) is 19.6 Å². The summed E-state index contributed by atoms with van der Waals surface area (Å²) >= 11 is 0. The highest BCUT2D eigenvalue weighted by atomic mass is 16.5. The van der Waals surface area contributed by atoms with Crippen LogP contribution in [0.25, 0.3) is 0 Å². The van der Waals surface area contributed by atoms with Crippen molar-refractivity contribution < 1.29 is 9.94 Å². The molecule has 1 aliphatic rings. The maximum absolute atomic E-state index is 8.71. The third kappa shape index (κ3) is 3.13. The largest absolute Gasteiger partial charge is 0.491 e. The number of para-hydroxylation sites is 1. The molecule has 1 aromatic rings. The molecule has 0 aliphatic carbocycles. The molecule has 0 amide bonds. The molecule has 18 heavy (non-hydrogen) atoms. The van der Waals surface area contributed by atoms with Crippen molar-refractivity contribution in [3.05, 3.63) is 29.8 Å². The Morgan fingerprint density at radius 1 is 1.33 bits per heavy atom. The Hall–Kier alpha value is -1.75. The van der Waals surface area contributed by atoms with Crippen molar-refractivity contribution in [1.29, 1.82) is 0 Å². The second-order valence-electron chi connectivity index (χ2n) is 4.38. The lowest BCUT2D eigenvalue weighted by molar-refractivity contribution is 0.237. The zero-order valence-corrected chi connectivity index (χ0v) is 10.4. The molecule has 0 atom stereocenters. The number of amidine groups is 1. The standard InChI is InChI=1S/C13H19N3O2/c14-13(15-17)11-5-1-2-6-12(11)18-10-9-16-7-3-4-8-16/h1-2,5-6,17H,3-4,7-10H2,(H2,14,15). The number of ether oxygens (including phenoxy) is 1. The van der Waals surface area contributed by atoms with Gasteiger partial charge in [0.1, 0.15) is 12.4 Å². The van der Waals surface area contributed by atoms with Crippen molar-refractivity contribution in [3.8, 4) is 5.75 Å². The molecule has 1 saturated heterocycles. The van der Waals surface area contributed by atoms with E-state index in [1.807, 2.05) is 18.2 Å². The van der Waals surface area contributed by atoms with E-state index in [4.69, 9.17) is 15.7 Å². The van der Waals surface area contributed by atoms with Crippen LogP contribution in [0.15, 0.2) is 29.4 Å². The second-order valence-corrected chi connectivity index (χ2v) is 4.38. The zero-order chi connectivity index (χ0) is 12.8. The number of rotatable bonds is 5. The van der Waals surface area contributed by atoms with E-state index < -0.39 is 0 Å². The molecule has 5 heteroatoms. The van der Waals surface area contributed by atoms with Crippen molar-refractivity contribution >= 4 is 5.84 Å². The van der Waals surface area contributed by atoms with E-state index in [1.54, 1.807) is 6.07 Å². The average molecular weight is 249 g/mol. The van der Waals surface area contributed by atoms with Gasteiger partial charge in [0.05, 0.1) is 5.56 Å². The summed E-state index contributed by atoms with van der Waals surface area (Å²) in [6.07, 6.45) is 2.56. The van der Waals surface area contributed by atoms with Crippen molar-refractivity contribution in [2.45, 2.75) is 12.8 Å². The van der Waals surface area contributed by atoms with Crippen molar-refractivity contribution in [3.63, 3.8) is 0 Å². The number of oxime groups is 1. The average Bonchev–Trinajstić information content (AvgIpc) is 2.92. The maximum atomic E-state index is 8.71. The molecule has 2 rings (SSSR count). The van der Waals surface area contributed by atoms with Crippen molar-refractivity contribution in [1.82, 2.24) is 4.90 Å². The van der Waals surface area contributed by atoms with Crippen LogP contribution >= 0.6 is 0 Å². The molecule has 1 aliphatic heterocycles. The van der Waals surface area contributed by atoms with Gasteiger partial charge in [-0.3, -0.25) is 4.90 Å². The zero-order valence-electron chi connectivity index (χ0n) is 10.4. The first kappa shape index (κ1) is 12.7. The number of hydrogen-bond donors (Lipinski definition) is 2. The Morgan fingerprint density at radius 3 is 2.78 bits per heavy atom. The molecule has 1 fully saturated rings. The molecule has 5 nitrogen and oxygen atoms in total. The highest BCUT2D eigenvalue weighted by Gasteiger charge is 2.12. The van der Waals surface area contributed by atoms with Gasteiger partial charge in [-0.15, -0.1) is 0 Å². The monoisotopic (exact) mass is 249 g/mol. The van der Waals surface area contributed by atoms with E-state index in [1.165, 1.54) is 12.8 Å². The van der Waals surface area contributed by atoms with Gasteiger partial charge in [-0.05, 0) is 38.1 Å². The van der Waals surface area contributed by atoms with Crippen LogP contribution in [0.2, 0.25) is 0 Å². The summed E-state index contributed by atoms with van der Waals surface area (Å²) in [6, 6.07) is 7.32. The van der Waals surface area contributed by atoms with Gasteiger partial charge < -0.3 is 15.7 Å². The quantitative estimate of drug-likeness (QED) is 0.356. The van der Waals surface area contributed by atoms with Gasteiger partial charge in [0, 0.05) is 6.54 Å². The molecular formula is C13H19N3O2. The van der Waals surface area contributed by atoms with E-state index >= 15 is 0 Å². The smallest absolute Gasteiger partial charge is 0.173 e. The molecule has 0 saturated carbocycles. The van der Waals surface area contributed by atoms with Crippen LogP contribution in [0, 0.1) is 0 Å². The van der Waals surface area contributed by atoms with Gasteiger partial charge in [0.15, 0.2) is 5.84 Å². The molecule has 3 N–H and O–H groups in total. The fourth-order valence-corrected chi connectivity index (χ4v) is 2.15. The molecule has 98 valence electrons. The number of likely N-dealkylation sites (tertiary alicyclic amines) is 1. The van der Waals surface area contributed by atoms with E-state index in [-0.39, 0.29) is 5.84 Å². The molecule has 1 heterocycles. The Kier molecular flexibility index (Phi) is 4.41. The van der Waals surface area contributed by atoms with Gasteiger partial charge in [-0.1, -0.05) is 17.3 Å². The first-order valence-corrected chi connectivity index (χ1v) is 6.23. The van der Waals surface area contributed by atoms with Crippen molar-refractivity contribution in [2.24, 2.45) is 10.9 Å². The lowest BCUT2D eigenvalue weighted by Crippen LogP contribution is -2.25. The maximum Gasteiger partial charge on any atom is 0.173 e. The normalized spacial score (nSPS) is 17.0. The SMILES string of the molecule is N/C(=N/O)c1ccccc1OCCN1CCCC1. The summed E-state index contributed by atoms with van der Waals surface area (Å²) in [5.41, 5.74) is 6.22. The summed E-state index contributed by atoms with van der Waals surface area (Å²) in [5, 5.41) is 11.7. The number of hydrogen-bond acceptors (Lipinski definition) is 4. The number of nitrogens with zero attached hydrogens (tertiary/aromatic N) is 2. The molecule has 0 spiro atoms. The number of nitrogens with two attached hydrogens (primary N) is 1. The Balaban J connectivity index is 1.92. The van der Waals surface area contributed by atoms with Crippen LogP contribution in [0.3, 0.4) is 0 Å². The van der Waals surface area contributed by atoms with Gasteiger partial charge >= 0.3 is 0 Å². The highest BCUT2D eigenvalue weighted by molar-refractivity contribution is 5.99. The highest BCUT2D eigenvalue weighted by Crippen LogP contribution is 2.17. The first-order chi connectivity index (χ1) is 8.81. The van der Waals surface area contributed by atoms with Crippen LogP contribution in [-0.4, -0.2) is 42.2 Å². The Labute approximate surface area is 107 Å².